The number of aromatic nitrogens is 1. The first-order valence-electron chi connectivity index (χ1n) is 3.56. The van der Waals surface area contributed by atoms with Gasteiger partial charge in [-0.1, -0.05) is 6.07 Å². The van der Waals surface area contributed by atoms with Gasteiger partial charge in [-0.05, 0) is 13.0 Å². The lowest BCUT2D eigenvalue weighted by molar-refractivity contribution is 0.425. The van der Waals surface area contributed by atoms with Crippen LogP contribution in [0.1, 0.15) is 5.69 Å². The fourth-order valence-corrected chi connectivity index (χ4v) is 0.944. The molecule has 1 aromatic heterocycles. The quantitative estimate of drug-likeness (QED) is 0.493. The Bertz CT molecular complexity index is 345. The third-order valence-corrected chi connectivity index (χ3v) is 1.86. The summed E-state index contributed by atoms with van der Waals surface area (Å²) in [5.41, 5.74) is 0.414. The number of hydrogen-bond donors (Lipinski definition) is 2. The van der Waals surface area contributed by atoms with Crippen LogP contribution in [0.3, 0.4) is 0 Å². The molecule has 0 fully saturated rings. The van der Waals surface area contributed by atoms with Crippen LogP contribution in [0.25, 0.3) is 0 Å². The van der Waals surface area contributed by atoms with Crippen LogP contribution < -0.4 is 11.0 Å². The van der Waals surface area contributed by atoms with Gasteiger partial charge in [0.25, 0.3) is 0 Å². The fourth-order valence-electron chi connectivity index (χ4n) is 0.944. The average molecular weight is 167 g/mol. The molecule has 0 saturated heterocycles. The normalized spacial score (nSPS) is 10.0. The van der Waals surface area contributed by atoms with Crippen molar-refractivity contribution in [3.63, 3.8) is 0 Å². The van der Waals surface area contributed by atoms with Crippen LogP contribution in [-0.2, 0) is 7.05 Å². The van der Waals surface area contributed by atoms with Crippen molar-refractivity contribution in [1.29, 1.82) is 0 Å². The van der Waals surface area contributed by atoms with Crippen LogP contribution in [-0.4, -0.2) is 21.7 Å². The second kappa shape index (κ2) is 3.12. The van der Waals surface area contributed by atoms with Crippen molar-refractivity contribution in [2.24, 2.45) is 7.05 Å². The zero-order valence-electron chi connectivity index (χ0n) is 6.98. The molecular formula is C7H10BNO3. The second-order valence-electron chi connectivity index (χ2n) is 2.67. The summed E-state index contributed by atoms with van der Waals surface area (Å²) in [6, 6.07) is 3.08. The van der Waals surface area contributed by atoms with E-state index in [2.05, 4.69) is 0 Å². The summed E-state index contributed by atoms with van der Waals surface area (Å²) in [4.78, 5) is 11.3. The minimum atomic E-state index is -1.69. The van der Waals surface area contributed by atoms with E-state index in [-0.39, 0.29) is 11.0 Å². The van der Waals surface area contributed by atoms with E-state index in [0.29, 0.717) is 0 Å². The first-order chi connectivity index (χ1) is 5.54. The van der Waals surface area contributed by atoms with E-state index in [4.69, 9.17) is 10.0 Å². The molecule has 0 aromatic carbocycles. The maximum atomic E-state index is 11.3. The van der Waals surface area contributed by atoms with E-state index in [9.17, 15) is 4.79 Å². The van der Waals surface area contributed by atoms with Crippen molar-refractivity contribution in [3.05, 3.63) is 28.2 Å². The molecule has 0 aliphatic rings. The van der Waals surface area contributed by atoms with Gasteiger partial charge in [-0.2, -0.15) is 0 Å². The summed E-state index contributed by atoms with van der Waals surface area (Å²) < 4.78 is 1.37. The van der Waals surface area contributed by atoms with Crippen molar-refractivity contribution in [1.82, 2.24) is 4.57 Å². The molecule has 0 radical (unpaired) electrons. The van der Waals surface area contributed by atoms with Crippen LogP contribution in [0.15, 0.2) is 16.9 Å². The predicted molar refractivity (Wildman–Crippen MR) is 46.2 cm³/mol. The molecule has 12 heavy (non-hydrogen) atoms. The third kappa shape index (κ3) is 1.42. The Morgan fingerprint density at radius 3 is 2.50 bits per heavy atom. The van der Waals surface area contributed by atoms with E-state index in [1.807, 2.05) is 0 Å². The molecule has 0 atom stereocenters. The molecule has 1 heterocycles. The van der Waals surface area contributed by atoms with Gasteiger partial charge in [0.15, 0.2) is 0 Å². The van der Waals surface area contributed by atoms with E-state index in [1.54, 1.807) is 20.0 Å². The highest BCUT2D eigenvalue weighted by Crippen LogP contribution is 1.87. The Hall–Kier alpha value is -1.07. The standard InChI is InChI=1S/C7H10BNO3/c1-5-3-4-6(8(11)12)7(10)9(5)2/h3-4,11-12H,1-2H3. The molecule has 0 amide bonds. The molecule has 4 nitrogen and oxygen atoms in total. The van der Waals surface area contributed by atoms with Gasteiger partial charge in [0, 0.05) is 18.2 Å². The Balaban J connectivity index is 3.37. The van der Waals surface area contributed by atoms with Gasteiger partial charge in [-0.3, -0.25) is 4.79 Å². The lowest BCUT2D eigenvalue weighted by Gasteiger charge is -2.05. The Morgan fingerprint density at radius 2 is 2.00 bits per heavy atom. The summed E-state index contributed by atoms with van der Waals surface area (Å²) in [5, 5.41) is 17.5. The maximum Gasteiger partial charge on any atom is 0.494 e. The van der Waals surface area contributed by atoms with Crippen molar-refractivity contribution in [2.75, 3.05) is 0 Å². The number of aryl methyl sites for hydroxylation is 1. The van der Waals surface area contributed by atoms with Gasteiger partial charge in [-0.15, -0.1) is 0 Å². The van der Waals surface area contributed by atoms with E-state index >= 15 is 0 Å². The Kier molecular flexibility index (Phi) is 2.35. The highest BCUT2D eigenvalue weighted by molar-refractivity contribution is 6.58. The van der Waals surface area contributed by atoms with Crippen LogP contribution in [0.2, 0.25) is 0 Å². The molecule has 0 bridgehead atoms. The number of hydrogen-bond acceptors (Lipinski definition) is 3. The maximum absolute atomic E-state index is 11.3. The first kappa shape index (κ1) is 9.03. The van der Waals surface area contributed by atoms with Gasteiger partial charge < -0.3 is 14.6 Å². The molecule has 0 unspecified atom stereocenters. The summed E-state index contributed by atoms with van der Waals surface area (Å²) in [7, 11) is -0.104. The largest absolute Gasteiger partial charge is 0.494 e. The van der Waals surface area contributed by atoms with Gasteiger partial charge in [0.2, 0.25) is 5.56 Å². The fraction of sp³-hybridized carbons (Fsp3) is 0.286. The topological polar surface area (TPSA) is 62.5 Å². The molecule has 2 N–H and O–H groups in total. The molecule has 1 rings (SSSR count). The van der Waals surface area contributed by atoms with Crippen LogP contribution >= 0.6 is 0 Å². The first-order valence-corrected chi connectivity index (χ1v) is 3.56. The average Bonchev–Trinajstić information content (AvgIpc) is 2.00. The van der Waals surface area contributed by atoms with Crippen LogP contribution in [0.5, 0.6) is 0 Å². The van der Waals surface area contributed by atoms with Crippen molar-refractivity contribution < 1.29 is 10.0 Å². The lowest BCUT2D eigenvalue weighted by atomic mass is 9.81. The summed E-state index contributed by atoms with van der Waals surface area (Å²) in [5.74, 6) is 0. The lowest BCUT2D eigenvalue weighted by Crippen LogP contribution is -2.45. The van der Waals surface area contributed by atoms with Crippen LogP contribution in [0.4, 0.5) is 0 Å². The molecule has 0 aliphatic heterocycles. The number of nitrogens with zero attached hydrogens (tertiary/aromatic N) is 1. The highest BCUT2D eigenvalue weighted by atomic mass is 16.4. The summed E-state index contributed by atoms with van der Waals surface area (Å²) >= 11 is 0. The van der Waals surface area contributed by atoms with E-state index in [0.717, 1.165) is 5.69 Å². The Morgan fingerprint density at radius 1 is 1.42 bits per heavy atom. The molecule has 0 saturated carbocycles. The molecule has 64 valence electrons. The van der Waals surface area contributed by atoms with Crippen molar-refractivity contribution in [2.45, 2.75) is 6.92 Å². The summed E-state index contributed by atoms with van der Waals surface area (Å²) in [6.45, 7) is 1.77. The number of rotatable bonds is 1. The minimum Gasteiger partial charge on any atom is -0.423 e. The van der Waals surface area contributed by atoms with Gasteiger partial charge in [-0.25, -0.2) is 0 Å². The zero-order chi connectivity index (χ0) is 9.30. The SMILES string of the molecule is Cc1ccc(B(O)O)c(=O)n1C. The molecule has 1 aromatic rings. The van der Waals surface area contributed by atoms with Gasteiger partial charge in [0.05, 0.1) is 0 Å². The monoisotopic (exact) mass is 167 g/mol. The highest BCUT2D eigenvalue weighted by Gasteiger charge is 2.15. The van der Waals surface area contributed by atoms with Crippen molar-refractivity contribution in [3.8, 4) is 0 Å². The van der Waals surface area contributed by atoms with Gasteiger partial charge in [0.1, 0.15) is 0 Å². The minimum absolute atomic E-state index is 0.00287. The molecule has 0 spiro atoms. The predicted octanol–water partition coefficient (Wildman–Crippen LogP) is -1.63. The van der Waals surface area contributed by atoms with Crippen molar-refractivity contribution >= 4 is 12.6 Å². The zero-order valence-corrected chi connectivity index (χ0v) is 6.98. The molecule has 5 heteroatoms. The van der Waals surface area contributed by atoms with Crippen LogP contribution in [0, 0.1) is 6.92 Å². The van der Waals surface area contributed by atoms with Gasteiger partial charge >= 0.3 is 7.12 Å². The Labute approximate surface area is 70.2 Å². The number of pyridine rings is 1. The second-order valence-corrected chi connectivity index (χ2v) is 2.67. The van der Waals surface area contributed by atoms with E-state index in [1.165, 1.54) is 10.6 Å². The summed E-state index contributed by atoms with van der Waals surface area (Å²) in [6.07, 6.45) is 0. The molecule has 0 aliphatic carbocycles. The molecular weight excluding hydrogens is 157 g/mol. The smallest absolute Gasteiger partial charge is 0.423 e. The van der Waals surface area contributed by atoms with E-state index < -0.39 is 7.12 Å². The third-order valence-electron chi connectivity index (χ3n) is 1.86.